The summed E-state index contributed by atoms with van der Waals surface area (Å²) < 4.78 is 32.3. The van der Waals surface area contributed by atoms with Crippen molar-refractivity contribution in [3.63, 3.8) is 0 Å². The molecule has 116 valence electrons. The smallest absolute Gasteiger partial charge is 0.244 e. The molecule has 0 aliphatic rings. The number of halogens is 1. The van der Waals surface area contributed by atoms with Crippen molar-refractivity contribution in [1.29, 1.82) is 0 Å². The fourth-order valence-corrected chi connectivity index (χ4v) is 3.55. The molecular weight excluding hydrogens is 318 g/mol. The summed E-state index contributed by atoms with van der Waals surface area (Å²) >= 11 is 5.91. The predicted octanol–water partition coefficient (Wildman–Crippen LogP) is 1.56. The molecule has 1 heterocycles. The standard InChI is InChI=1S/C12H16ClN3O4S/c1-3-7(2)9(6-17)15-21(18,19)10-5-4-8(13)11-12(10)20-16-14-11/h4-5,7,9,15,17H,3,6H2,1-2H3. The molecule has 2 N–H and O–H groups in total. The van der Waals surface area contributed by atoms with Gasteiger partial charge in [0.25, 0.3) is 0 Å². The third kappa shape index (κ3) is 3.18. The van der Waals surface area contributed by atoms with Crippen molar-refractivity contribution in [1.82, 2.24) is 15.1 Å². The second kappa shape index (κ2) is 6.27. The van der Waals surface area contributed by atoms with Gasteiger partial charge in [0.05, 0.1) is 11.6 Å². The van der Waals surface area contributed by atoms with E-state index in [2.05, 4.69) is 15.1 Å². The number of aliphatic hydroxyl groups excluding tert-OH is 1. The lowest BCUT2D eigenvalue weighted by Gasteiger charge is -2.21. The summed E-state index contributed by atoms with van der Waals surface area (Å²) in [6.45, 7) is 3.49. The molecule has 1 aromatic heterocycles. The topological polar surface area (TPSA) is 105 Å². The minimum atomic E-state index is -3.88. The number of aliphatic hydroxyl groups is 1. The van der Waals surface area contributed by atoms with Gasteiger partial charge in [0, 0.05) is 11.3 Å². The van der Waals surface area contributed by atoms with Crippen molar-refractivity contribution in [2.75, 3.05) is 6.61 Å². The molecule has 2 rings (SSSR count). The average Bonchev–Trinajstić information content (AvgIpc) is 2.94. The van der Waals surface area contributed by atoms with E-state index in [1.807, 2.05) is 13.8 Å². The van der Waals surface area contributed by atoms with Gasteiger partial charge in [-0.3, -0.25) is 0 Å². The lowest BCUT2D eigenvalue weighted by Crippen LogP contribution is -2.41. The Hall–Kier alpha value is -1.22. The summed E-state index contributed by atoms with van der Waals surface area (Å²) in [6.07, 6.45) is 0.730. The van der Waals surface area contributed by atoms with Crippen molar-refractivity contribution < 1.29 is 18.0 Å². The largest absolute Gasteiger partial charge is 0.395 e. The van der Waals surface area contributed by atoms with E-state index in [-0.39, 0.29) is 33.5 Å². The second-order valence-corrected chi connectivity index (χ2v) is 6.88. The molecule has 9 heteroatoms. The molecule has 2 atom stereocenters. The molecule has 0 aliphatic carbocycles. The van der Waals surface area contributed by atoms with Crippen LogP contribution < -0.4 is 4.72 Å². The van der Waals surface area contributed by atoms with Gasteiger partial charge in [-0.15, -0.1) is 5.10 Å². The molecule has 0 spiro atoms. The van der Waals surface area contributed by atoms with E-state index in [9.17, 15) is 13.5 Å². The van der Waals surface area contributed by atoms with Gasteiger partial charge in [-0.2, -0.15) is 0 Å². The van der Waals surface area contributed by atoms with Crippen molar-refractivity contribution in [2.45, 2.75) is 31.2 Å². The van der Waals surface area contributed by atoms with Crippen LogP contribution in [0.25, 0.3) is 11.1 Å². The van der Waals surface area contributed by atoms with Gasteiger partial charge in [0.1, 0.15) is 4.90 Å². The molecule has 0 saturated heterocycles. The molecule has 0 amide bonds. The van der Waals surface area contributed by atoms with Gasteiger partial charge in [-0.25, -0.2) is 13.1 Å². The second-order valence-electron chi connectivity index (χ2n) is 4.79. The van der Waals surface area contributed by atoms with E-state index >= 15 is 0 Å². The summed E-state index contributed by atoms with van der Waals surface area (Å²) in [5.74, 6) is -0.0135. The highest BCUT2D eigenvalue weighted by atomic mass is 35.5. The fraction of sp³-hybridized carbons (Fsp3) is 0.500. The van der Waals surface area contributed by atoms with E-state index in [0.29, 0.717) is 0 Å². The van der Waals surface area contributed by atoms with Gasteiger partial charge in [-0.05, 0) is 18.1 Å². The molecule has 0 radical (unpaired) electrons. The average molecular weight is 334 g/mol. The minimum Gasteiger partial charge on any atom is -0.395 e. The first-order valence-electron chi connectivity index (χ1n) is 6.44. The van der Waals surface area contributed by atoms with Crippen LogP contribution in [-0.2, 0) is 10.0 Å². The quantitative estimate of drug-likeness (QED) is 0.831. The number of rotatable bonds is 6. The number of fused-ring (bicyclic) bond motifs is 1. The Morgan fingerprint density at radius 2 is 2.19 bits per heavy atom. The Morgan fingerprint density at radius 1 is 1.48 bits per heavy atom. The summed E-state index contributed by atoms with van der Waals surface area (Å²) in [5, 5.41) is 16.6. The van der Waals surface area contributed by atoms with Crippen molar-refractivity contribution in [3.8, 4) is 0 Å². The number of sulfonamides is 1. The SMILES string of the molecule is CCC(C)C(CO)NS(=O)(=O)c1ccc(Cl)c2nnoc12. The number of hydrogen-bond acceptors (Lipinski definition) is 6. The zero-order chi connectivity index (χ0) is 15.6. The first kappa shape index (κ1) is 16.2. The molecule has 0 aliphatic heterocycles. The third-order valence-electron chi connectivity index (χ3n) is 3.44. The fourth-order valence-electron chi connectivity index (χ4n) is 1.90. The Labute approximate surface area is 127 Å². The number of hydrogen-bond donors (Lipinski definition) is 2. The zero-order valence-electron chi connectivity index (χ0n) is 11.6. The molecule has 2 unspecified atom stereocenters. The number of aromatic nitrogens is 2. The van der Waals surface area contributed by atoms with Crippen LogP contribution in [0.5, 0.6) is 0 Å². The van der Waals surface area contributed by atoms with Gasteiger partial charge < -0.3 is 9.63 Å². The number of benzene rings is 1. The van der Waals surface area contributed by atoms with E-state index in [4.69, 9.17) is 16.1 Å². The summed E-state index contributed by atoms with van der Waals surface area (Å²) in [5.41, 5.74) is 0.180. The monoisotopic (exact) mass is 333 g/mol. The van der Waals surface area contributed by atoms with Crippen LogP contribution in [0.2, 0.25) is 5.02 Å². The van der Waals surface area contributed by atoms with Crippen LogP contribution in [0, 0.1) is 5.92 Å². The van der Waals surface area contributed by atoms with Crippen molar-refractivity contribution in [3.05, 3.63) is 17.2 Å². The molecular formula is C12H16ClN3O4S. The Morgan fingerprint density at radius 3 is 2.81 bits per heavy atom. The Kier molecular flexibility index (Phi) is 4.82. The lowest BCUT2D eigenvalue weighted by atomic mass is 10.0. The highest BCUT2D eigenvalue weighted by molar-refractivity contribution is 7.89. The van der Waals surface area contributed by atoms with Crippen LogP contribution in [-0.4, -0.2) is 36.5 Å². The Balaban J connectivity index is 2.43. The molecule has 0 bridgehead atoms. The van der Waals surface area contributed by atoms with Crippen LogP contribution in [0.4, 0.5) is 0 Å². The maximum atomic E-state index is 12.5. The van der Waals surface area contributed by atoms with Crippen LogP contribution >= 0.6 is 11.6 Å². The Bertz CT molecular complexity index is 731. The summed E-state index contributed by atoms with van der Waals surface area (Å²) in [7, 11) is -3.88. The first-order valence-corrected chi connectivity index (χ1v) is 8.30. The molecule has 21 heavy (non-hydrogen) atoms. The normalized spacial score (nSPS) is 15.2. The highest BCUT2D eigenvalue weighted by Gasteiger charge is 2.27. The molecule has 1 aromatic carbocycles. The number of nitrogens with one attached hydrogen (secondary N) is 1. The van der Waals surface area contributed by atoms with Crippen molar-refractivity contribution >= 4 is 32.7 Å². The van der Waals surface area contributed by atoms with E-state index in [1.54, 1.807) is 0 Å². The highest BCUT2D eigenvalue weighted by Crippen LogP contribution is 2.27. The maximum Gasteiger partial charge on any atom is 0.244 e. The molecule has 2 aromatic rings. The maximum absolute atomic E-state index is 12.5. The van der Waals surface area contributed by atoms with Crippen molar-refractivity contribution in [2.24, 2.45) is 5.92 Å². The van der Waals surface area contributed by atoms with Gasteiger partial charge in [-0.1, -0.05) is 31.9 Å². The lowest BCUT2D eigenvalue weighted by molar-refractivity contribution is 0.219. The predicted molar refractivity (Wildman–Crippen MR) is 77.5 cm³/mol. The van der Waals surface area contributed by atoms with E-state index < -0.39 is 16.1 Å². The molecule has 0 saturated carbocycles. The molecule has 0 fully saturated rings. The van der Waals surface area contributed by atoms with E-state index in [0.717, 1.165) is 6.42 Å². The summed E-state index contributed by atoms with van der Waals surface area (Å²) in [6, 6.07) is 2.16. The van der Waals surface area contributed by atoms with Gasteiger partial charge in [0.15, 0.2) is 5.52 Å². The van der Waals surface area contributed by atoms with Crippen LogP contribution in [0.3, 0.4) is 0 Å². The van der Waals surface area contributed by atoms with E-state index in [1.165, 1.54) is 12.1 Å². The zero-order valence-corrected chi connectivity index (χ0v) is 13.1. The minimum absolute atomic E-state index is 0.00385. The van der Waals surface area contributed by atoms with Crippen LogP contribution in [0.1, 0.15) is 20.3 Å². The van der Waals surface area contributed by atoms with Gasteiger partial charge in [0.2, 0.25) is 15.6 Å². The number of nitrogens with zero attached hydrogens (tertiary/aromatic N) is 2. The van der Waals surface area contributed by atoms with Gasteiger partial charge >= 0.3 is 0 Å². The summed E-state index contributed by atoms with van der Waals surface area (Å²) in [4.78, 5) is -0.103. The van der Waals surface area contributed by atoms with Crippen LogP contribution in [0.15, 0.2) is 21.6 Å². The first-order chi connectivity index (χ1) is 9.90. The molecule has 7 nitrogen and oxygen atoms in total. The third-order valence-corrected chi connectivity index (χ3v) is 5.26.